The number of halogens is 2. The van der Waals surface area contributed by atoms with Crippen LogP contribution in [0, 0.1) is 6.92 Å². The molecule has 1 aromatic carbocycles. The lowest BCUT2D eigenvalue weighted by Gasteiger charge is -2.29. The predicted octanol–water partition coefficient (Wildman–Crippen LogP) is 4.92. The largest absolute Gasteiger partial charge is 0.444 e. The van der Waals surface area contributed by atoms with Gasteiger partial charge in [0, 0.05) is 37.3 Å². The standard InChI is InChI=1S/C29H35F2N5O4/c1-17(20-8-7-9-21(14-20)29(30,31)16-37)32-24-23-15-22(26(38)35(6)25(23)34-18(2)33-24)19-10-12-36(13-11-19)27(39)40-28(3,4)5/h7-10,14-15,17,37H,11-13,16H2,1-6H3,(H,32,33,34)/t17-/m1/s1. The molecule has 0 saturated heterocycles. The molecule has 40 heavy (non-hydrogen) atoms. The lowest BCUT2D eigenvalue weighted by molar-refractivity contribution is -0.0556. The summed E-state index contributed by atoms with van der Waals surface area (Å²) in [5.74, 6) is -2.46. The predicted molar refractivity (Wildman–Crippen MR) is 149 cm³/mol. The lowest BCUT2D eigenvalue weighted by atomic mass is 9.99. The van der Waals surface area contributed by atoms with Crippen LogP contribution in [-0.2, 0) is 17.7 Å². The number of fused-ring (bicyclic) bond motifs is 1. The number of nitrogens with one attached hydrogen (secondary N) is 1. The van der Waals surface area contributed by atoms with Crippen molar-refractivity contribution in [2.45, 2.75) is 58.6 Å². The molecule has 0 spiro atoms. The number of aliphatic hydroxyl groups is 1. The molecule has 1 aliphatic heterocycles. The van der Waals surface area contributed by atoms with Gasteiger partial charge >= 0.3 is 6.09 Å². The van der Waals surface area contributed by atoms with E-state index in [-0.39, 0.29) is 11.1 Å². The van der Waals surface area contributed by atoms with Gasteiger partial charge in [-0.2, -0.15) is 8.78 Å². The summed E-state index contributed by atoms with van der Waals surface area (Å²) >= 11 is 0. The van der Waals surface area contributed by atoms with Gasteiger partial charge in [-0.3, -0.25) is 9.36 Å². The Morgan fingerprint density at radius 2 is 1.95 bits per heavy atom. The van der Waals surface area contributed by atoms with E-state index in [0.29, 0.717) is 53.3 Å². The third kappa shape index (κ3) is 6.14. The molecule has 2 aromatic heterocycles. The molecule has 3 heterocycles. The molecule has 9 nitrogen and oxygen atoms in total. The summed E-state index contributed by atoms with van der Waals surface area (Å²) in [6, 6.07) is 7.19. The Kier molecular flexibility index (Phi) is 7.98. The summed E-state index contributed by atoms with van der Waals surface area (Å²) in [5, 5.41) is 13.0. The molecule has 0 saturated carbocycles. The highest BCUT2D eigenvalue weighted by molar-refractivity contribution is 5.90. The van der Waals surface area contributed by atoms with Gasteiger partial charge in [-0.1, -0.05) is 24.3 Å². The second-order valence-electron chi connectivity index (χ2n) is 11.0. The van der Waals surface area contributed by atoms with E-state index in [1.54, 1.807) is 31.0 Å². The molecule has 0 radical (unpaired) electrons. The van der Waals surface area contributed by atoms with Gasteiger partial charge in [0.15, 0.2) is 0 Å². The molecule has 3 aromatic rings. The highest BCUT2D eigenvalue weighted by atomic mass is 19.3. The number of hydrogen-bond donors (Lipinski definition) is 2. The number of nitrogens with zero attached hydrogens (tertiary/aromatic N) is 4. The number of rotatable bonds is 6. The van der Waals surface area contributed by atoms with Crippen molar-refractivity contribution in [1.82, 2.24) is 19.4 Å². The van der Waals surface area contributed by atoms with E-state index in [9.17, 15) is 18.4 Å². The first-order valence-corrected chi connectivity index (χ1v) is 13.1. The quantitative estimate of drug-likeness (QED) is 0.444. The molecular weight excluding hydrogens is 520 g/mol. The van der Waals surface area contributed by atoms with Crippen LogP contribution in [0.4, 0.5) is 19.4 Å². The Labute approximate surface area is 231 Å². The number of alkyl halides is 2. The summed E-state index contributed by atoms with van der Waals surface area (Å²) in [7, 11) is 1.64. The van der Waals surface area contributed by atoms with Crippen molar-refractivity contribution < 1.29 is 23.4 Å². The number of anilines is 1. The number of ether oxygens (including phenoxy) is 1. The second-order valence-corrected chi connectivity index (χ2v) is 11.0. The minimum atomic E-state index is -3.35. The minimum Gasteiger partial charge on any atom is -0.444 e. The minimum absolute atomic E-state index is 0.222. The maximum atomic E-state index is 14.1. The molecule has 214 valence electrons. The van der Waals surface area contributed by atoms with Gasteiger partial charge in [0.05, 0.1) is 5.39 Å². The molecule has 0 aliphatic carbocycles. The molecule has 1 atom stereocenters. The number of aromatic nitrogens is 3. The van der Waals surface area contributed by atoms with Crippen LogP contribution in [0.25, 0.3) is 16.6 Å². The Morgan fingerprint density at radius 3 is 2.58 bits per heavy atom. The van der Waals surface area contributed by atoms with Crippen LogP contribution < -0.4 is 10.9 Å². The van der Waals surface area contributed by atoms with Gasteiger partial charge in [0.2, 0.25) is 0 Å². The Morgan fingerprint density at radius 1 is 1.23 bits per heavy atom. The van der Waals surface area contributed by atoms with Crippen LogP contribution in [0.15, 0.2) is 41.2 Å². The zero-order valence-electron chi connectivity index (χ0n) is 23.6. The van der Waals surface area contributed by atoms with Crippen molar-refractivity contribution in [3.63, 3.8) is 0 Å². The summed E-state index contributed by atoms with van der Waals surface area (Å²) < 4.78 is 35.1. The summed E-state index contributed by atoms with van der Waals surface area (Å²) in [6.45, 7) is 8.40. The Bertz CT molecular complexity index is 1530. The number of pyridine rings is 1. The lowest BCUT2D eigenvalue weighted by Crippen LogP contribution is -2.39. The highest BCUT2D eigenvalue weighted by Gasteiger charge is 2.31. The number of aryl methyl sites for hydroxylation is 2. The second kappa shape index (κ2) is 11.0. The fourth-order valence-corrected chi connectivity index (χ4v) is 4.60. The highest BCUT2D eigenvalue weighted by Crippen LogP contribution is 2.31. The van der Waals surface area contributed by atoms with Crippen LogP contribution in [0.3, 0.4) is 0 Å². The van der Waals surface area contributed by atoms with Crippen LogP contribution in [0.5, 0.6) is 0 Å². The van der Waals surface area contributed by atoms with Gasteiger partial charge in [0.1, 0.15) is 29.5 Å². The van der Waals surface area contributed by atoms with Crippen molar-refractivity contribution in [2.24, 2.45) is 7.05 Å². The summed E-state index contributed by atoms with van der Waals surface area (Å²) in [6.07, 6.45) is 1.92. The first-order chi connectivity index (χ1) is 18.7. The van der Waals surface area contributed by atoms with E-state index < -0.39 is 30.3 Å². The topological polar surface area (TPSA) is 110 Å². The Balaban J connectivity index is 1.69. The average Bonchev–Trinajstić information content (AvgIpc) is 2.90. The number of hydrogen-bond acceptors (Lipinski definition) is 7. The zero-order valence-corrected chi connectivity index (χ0v) is 23.6. The Hall–Kier alpha value is -3.86. The molecule has 0 bridgehead atoms. The van der Waals surface area contributed by atoms with E-state index in [0.717, 1.165) is 5.57 Å². The van der Waals surface area contributed by atoms with Gasteiger partial charge in [0.25, 0.3) is 11.5 Å². The van der Waals surface area contributed by atoms with E-state index in [2.05, 4.69) is 15.3 Å². The van der Waals surface area contributed by atoms with Gasteiger partial charge in [-0.05, 0) is 64.3 Å². The third-order valence-corrected chi connectivity index (χ3v) is 6.75. The number of amides is 1. The SMILES string of the molecule is Cc1nc(N[C@H](C)c2cccc(C(F)(F)CO)c2)c2cc(C3=CCN(C(=O)OC(C)(C)C)CC3)c(=O)n(C)c2n1. The molecule has 2 N–H and O–H groups in total. The number of carbonyl (C=O) groups is 1. The van der Waals surface area contributed by atoms with E-state index in [4.69, 9.17) is 9.84 Å². The number of carbonyl (C=O) groups excluding carboxylic acids is 1. The van der Waals surface area contributed by atoms with Crippen LogP contribution in [0.2, 0.25) is 0 Å². The van der Waals surface area contributed by atoms with Gasteiger partial charge < -0.3 is 20.1 Å². The number of aliphatic hydroxyl groups excluding tert-OH is 1. The van der Waals surface area contributed by atoms with Crippen LogP contribution in [0.1, 0.15) is 62.7 Å². The van der Waals surface area contributed by atoms with E-state index >= 15 is 0 Å². The summed E-state index contributed by atoms with van der Waals surface area (Å²) in [5.41, 5.74) is 1.20. The van der Waals surface area contributed by atoms with Crippen LogP contribution >= 0.6 is 0 Å². The monoisotopic (exact) mass is 555 g/mol. The molecular formula is C29H35F2N5O4. The average molecular weight is 556 g/mol. The molecule has 4 rings (SSSR count). The normalized spacial score (nSPS) is 15.1. The molecule has 0 unspecified atom stereocenters. The first kappa shape index (κ1) is 29.1. The first-order valence-electron chi connectivity index (χ1n) is 13.1. The van der Waals surface area contributed by atoms with Gasteiger partial charge in [-0.25, -0.2) is 14.8 Å². The van der Waals surface area contributed by atoms with E-state index in [1.165, 1.54) is 22.8 Å². The number of benzene rings is 1. The van der Waals surface area contributed by atoms with E-state index in [1.807, 2.05) is 33.8 Å². The van der Waals surface area contributed by atoms with Gasteiger partial charge in [-0.15, -0.1) is 0 Å². The van der Waals surface area contributed by atoms with Crippen molar-refractivity contribution >= 4 is 28.5 Å². The maximum Gasteiger partial charge on any atom is 0.410 e. The van der Waals surface area contributed by atoms with Crippen molar-refractivity contribution in [2.75, 3.05) is 25.0 Å². The third-order valence-electron chi connectivity index (χ3n) is 6.75. The van der Waals surface area contributed by atoms with Crippen molar-refractivity contribution in [1.29, 1.82) is 0 Å². The van der Waals surface area contributed by atoms with Crippen molar-refractivity contribution in [3.8, 4) is 0 Å². The molecule has 0 fully saturated rings. The fraction of sp³-hybridized carbons (Fsp3) is 0.448. The summed E-state index contributed by atoms with van der Waals surface area (Å²) in [4.78, 5) is 36.5. The molecule has 11 heteroatoms. The zero-order chi connectivity index (χ0) is 29.4. The van der Waals surface area contributed by atoms with Crippen LogP contribution in [-0.4, -0.2) is 55.9 Å². The molecule has 1 aliphatic rings. The smallest absolute Gasteiger partial charge is 0.410 e. The molecule has 1 amide bonds. The van der Waals surface area contributed by atoms with Crippen molar-refractivity contribution in [3.05, 3.63) is 69.3 Å². The fourth-order valence-electron chi connectivity index (χ4n) is 4.60. The maximum absolute atomic E-state index is 14.1.